The minimum absolute atomic E-state index is 0.0707. The summed E-state index contributed by atoms with van der Waals surface area (Å²) < 4.78 is 11.8. The van der Waals surface area contributed by atoms with Crippen LogP contribution in [0.25, 0.3) is 11.0 Å². The van der Waals surface area contributed by atoms with E-state index >= 15 is 0 Å². The van der Waals surface area contributed by atoms with Crippen LogP contribution in [0.15, 0.2) is 66.4 Å². The molecule has 3 N–H and O–H groups in total. The molecule has 0 spiro atoms. The van der Waals surface area contributed by atoms with E-state index in [1.165, 1.54) is 12.4 Å². The van der Waals surface area contributed by atoms with Crippen LogP contribution in [0.2, 0.25) is 0 Å². The van der Waals surface area contributed by atoms with Crippen molar-refractivity contribution in [3.63, 3.8) is 0 Å². The zero-order valence-corrected chi connectivity index (χ0v) is 23.3. The van der Waals surface area contributed by atoms with Crippen molar-refractivity contribution in [1.29, 1.82) is 0 Å². The number of carbonyl (C=O) groups is 1. The minimum atomic E-state index is -0.0707. The van der Waals surface area contributed by atoms with Gasteiger partial charge in [0, 0.05) is 68.5 Å². The van der Waals surface area contributed by atoms with E-state index in [0.29, 0.717) is 71.8 Å². The van der Waals surface area contributed by atoms with Crippen molar-refractivity contribution >= 4 is 46.2 Å². The zero-order chi connectivity index (χ0) is 28.9. The molecule has 2 aromatic carbocycles. The van der Waals surface area contributed by atoms with Crippen molar-refractivity contribution in [2.75, 3.05) is 56.3 Å². The quantitative estimate of drug-likeness (QED) is 0.186. The van der Waals surface area contributed by atoms with E-state index in [2.05, 4.69) is 31.8 Å². The first-order valence-corrected chi connectivity index (χ1v) is 13.1. The van der Waals surface area contributed by atoms with Crippen LogP contribution < -0.4 is 25.4 Å². The number of ether oxygens (including phenoxy) is 2. The first-order valence-electron chi connectivity index (χ1n) is 13.1. The van der Waals surface area contributed by atoms with Gasteiger partial charge in [-0.15, -0.1) is 0 Å². The number of anilines is 4. The molecule has 3 heterocycles. The van der Waals surface area contributed by atoms with Crippen molar-refractivity contribution in [2.45, 2.75) is 6.92 Å². The van der Waals surface area contributed by atoms with Gasteiger partial charge in [0.25, 0.3) is 0 Å². The fourth-order valence-corrected chi connectivity index (χ4v) is 4.67. The Labute approximate surface area is 238 Å². The lowest BCUT2D eigenvalue weighted by atomic mass is 10.1. The summed E-state index contributed by atoms with van der Waals surface area (Å²) in [4.78, 5) is 33.7. The molecule has 2 aromatic heterocycles. The monoisotopic (exact) mass is 552 g/mol. The normalized spacial score (nSPS) is 13.4. The molecule has 0 unspecified atom stereocenters. The molecule has 210 valence electrons. The predicted octanol–water partition coefficient (Wildman–Crippen LogP) is 4.34. The second-order valence-electron chi connectivity index (χ2n) is 9.51. The first-order chi connectivity index (χ1) is 19.9. The summed E-state index contributed by atoms with van der Waals surface area (Å²) in [7, 11) is 3.31. The number of aryl methyl sites for hydroxylation is 1. The summed E-state index contributed by atoms with van der Waals surface area (Å²) in [5, 5.41) is 3.38. The second-order valence-corrected chi connectivity index (χ2v) is 9.51. The van der Waals surface area contributed by atoms with Crippen molar-refractivity contribution in [3.05, 3.63) is 72.6 Å². The Morgan fingerprint density at radius 2 is 1.90 bits per heavy atom. The Morgan fingerprint density at radius 1 is 1.10 bits per heavy atom. The number of methoxy groups -OCH3 is 1. The highest BCUT2D eigenvalue weighted by molar-refractivity contribution is 5.90. The Bertz CT molecular complexity index is 1630. The third-order valence-electron chi connectivity index (χ3n) is 6.83. The summed E-state index contributed by atoms with van der Waals surface area (Å²) in [6.07, 6.45) is 4.55. The van der Waals surface area contributed by atoms with Gasteiger partial charge >= 0.3 is 0 Å². The number of benzene rings is 2. The molecule has 0 aliphatic carbocycles. The summed E-state index contributed by atoms with van der Waals surface area (Å²) in [6, 6.07) is 13.2. The number of nitrogen functional groups attached to an aromatic ring is 1. The number of rotatable bonds is 8. The zero-order valence-electron chi connectivity index (χ0n) is 23.3. The van der Waals surface area contributed by atoms with Crippen LogP contribution in [0.4, 0.5) is 23.0 Å². The molecule has 1 saturated heterocycles. The van der Waals surface area contributed by atoms with Crippen molar-refractivity contribution in [3.8, 4) is 17.2 Å². The molecule has 5 rings (SSSR count). The van der Waals surface area contributed by atoms with Gasteiger partial charge in [-0.1, -0.05) is 6.58 Å². The lowest BCUT2D eigenvalue weighted by Crippen LogP contribution is -2.48. The topological polar surface area (TPSA) is 131 Å². The maximum Gasteiger partial charge on any atom is 0.246 e. The van der Waals surface area contributed by atoms with Gasteiger partial charge in [0.15, 0.2) is 17.4 Å². The molecule has 0 saturated carbocycles. The number of pyridine rings is 1. The Morgan fingerprint density at radius 3 is 2.59 bits per heavy atom. The van der Waals surface area contributed by atoms with E-state index in [1.54, 1.807) is 31.3 Å². The summed E-state index contributed by atoms with van der Waals surface area (Å²) in [5.41, 5.74) is 10.6. The van der Waals surface area contributed by atoms with E-state index in [4.69, 9.17) is 20.2 Å². The number of hydrogen-bond donors (Lipinski definition) is 2. The van der Waals surface area contributed by atoms with Gasteiger partial charge in [-0.05, 0) is 48.9 Å². The number of nitrogens with zero attached hydrogens (tertiary/aromatic N) is 6. The van der Waals surface area contributed by atoms with Gasteiger partial charge in [-0.2, -0.15) is 0 Å². The number of amides is 1. The number of fused-ring (bicyclic) bond motifs is 1. The third kappa shape index (κ3) is 5.88. The fourth-order valence-electron chi connectivity index (χ4n) is 4.67. The Kier molecular flexibility index (Phi) is 7.95. The molecule has 0 atom stereocenters. The van der Waals surface area contributed by atoms with Gasteiger partial charge < -0.3 is 30.3 Å². The van der Waals surface area contributed by atoms with Crippen LogP contribution in [-0.2, 0) is 4.79 Å². The maximum atomic E-state index is 12.0. The van der Waals surface area contributed by atoms with Crippen molar-refractivity contribution in [1.82, 2.24) is 19.9 Å². The molecule has 1 amide bonds. The van der Waals surface area contributed by atoms with Crippen molar-refractivity contribution < 1.29 is 14.3 Å². The van der Waals surface area contributed by atoms with Crippen LogP contribution in [0, 0.1) is 6.92 Å². The van der Waals surface area contributed by atoms with Crippen LogP contribution in [-0.4, -0.2) is 72.3 Å². The largest absolute Gasteiger partial charge is 0.493 e. The van der Waals surface area contributed by atoms with E-state index in [-0.39, 0.29) is 5.91 Å². The molecule has 11 heteroatoms. The molecular formula is C30H32N8O3. The van der Waals surface area contributed by atoms with Crippen LogP contribution in [0.1, 0.15) is 11.1 Å². The average Bonchev–Trinajstić information content (AvgIpc) is 2.99. The number of hydrogen-bond acceptors (Lipinski definition) is 10. The van der Waals surface area contributed by atoms with Gasteiger partial charge in [-0.25, -0.2) is 15.0 Å². The number of nitrogens with two attached hydrogens (primary N) is 1. The lowest BCUT2D eigenvalue weighted by Gasteiger charge is -2.35. The minimum Gasteiger partial charge on any atom is -0.493 e. The molecule has 11 nitrogen and oxygen atoms in total. The van der Waals surface area contributed by atoms with Gasteiger partial charge in [0.1, 0.15) is 23.3 Å². The smallest absolute Gasteiger partial charge is 0.246 e. The molecule has 4 aromatic rings. The average molecular weight is 553 g/mol. The maximum absolute atomic E-state index is 12.0. The van der Waals surface area contributed by atoms with Crippen LogP contribution >= 0.6 is 0 Å². The Balaban J connectivity index is 1.38. The highest BCUT2D eigenvalue weighted by Crippen LogP contribution is 2.34. The van der Waals surface area contributed by atoms with Crippen LogP contribution in [0.3, 0.4) is 0 Å². The fraction of sp³-hybridized carbons (Fsp3) is 0.233. The molecular weight excluding hydrogens is 520 g/mol. The predicted molar refractivity (Wildman–Crippen MR) is 162 cm³/mol. The van der Waals surface area contributed by atoms with Gasteiger partial charge in [0.05, 0.1) is 12.6 Å². The summed E-state index contributed by atoms with van der Waals surface area (Å²) in [5.74, 6) is 3.13. The van der Waals surface area contributed by atoms with Crippen LogP contribution in [0.5, 0.6) is 17.2 Å². The number of nitrogens with one attached hydrogen (secondary N) is 1. The molecule has 1 aliphatic heterocycles. The Hall–Kier alpha value is -5.19. The van der Waals surface area contributed by atoms with Gasteiger partial charge in [0.2, 0.25) is 5.91 Å². The SMILES string of the molecule is C=CC(=O)N1CCN(c2nc3c(Nc4ccc(Oc5ccc(C=NC)c(N)c5)c(C)c4)ncnc3cc2OC)CC1. The number of carbonyl (C=O) groups excluding carboxylic acids is 1. The standard InChI is InChI=1S/C30H32N8O3/c1-5-27(39)37-10-12-38(13-11-37)30-26(40-4)16-24-28(36-30)29(34-18-33-24)35-21-7-9-25(19(2)14-21)41-22-8-6-20(17-32-3)23(31)15-22/h5-9,14-18H,1,10-13,31H2,2-4H3,(H,33,34,35). The van der Waals surface area contributed by atoms with E-state index < -0.39 is 0 Å². The van der Waals surface area contributed by atoms with Gasteiger partial charge in [-0.3, -0.25) is 9.79 Å². The molecule has 0 bridgehead atoms. The highest BCUT2D eigenvalue weighted by Gasteiger charge is 2.24. The molecule has 41 heavy (non-hydrogen) atoms. The van der Waals surface area contributed by atoms with E-state index in [0.717, 1.165) is 16.8 Å². The highest BCUT2D eigenvalue weighted by atomic mass is 16.5. The molecule has 1 aliphatic rings. The lowest BCUT2D eigenvalue weighted by molar-refractivity contribution is -0.126. The van der Waals surface area contributed by atoms with Crippen molar-refractivity contribution in [2.24, 2.45) is 4.99 Å². The molecule has 0 radical (unpaired) electrons. The van der Waals surface area contributed by atoms with E-state index in [9.17, 15) is 4.79 Å². The number of aliphatic imine (C=N–C) groups is 1. The van der Waals surface area contributed by atoms with E-state index in [1.807, 2.05) is 43.3 Å². The first kappa shape index (κ1) is 27.4. The second kappa shape index (κ2) is 11.9. The number of aromatic nitrogens is 3. The molecule has 1 fully saturated rings. The summed E-state index contributed by atoms with van der Waals surface area (Å²) in [6.45, 7) is 7.93. The summed E-state index contributed by atoms with van der Waals surface area (Å²) >= 11 is 0. The third-order valence-corrected chi connectivity index (χ3v) is 6.83. The number of piperazine rings is 1.